The minimum absolute atomic E-state index is 0.844. The summed E-state index contributed by atoms with van der Waals surface area (Å²) in [6.45, 7) is 2.06. The minimum atomic E-state index is 0.844. The van der Waals surface area contributed by atoms with E-state index in [4.69, 9.17) is 0 Å². The van der Waals surface area contributed by atoms with Crippen molar-refractivity contribution in [2.45, 2.75) is 13.3 Å². The van der Waals surface area contributed by atoms with Gasteiger partial charge in [-0.2, -0.15) is 9.61 Å². The zero-order valence-electron chi connectivity index (χ0n) is 9.09. The molecule has 0 N–H and O–H groups in total. The third-order valence-electron chi connectivity index (χ3n) is 2.44. The highest BCUT2D eigenvalue weighted by molar-refractivity contribution is 14.1. The molecule has 0 bridgehead atoms. The first-order valence-electron chi connectivity index (χ1n) is 5.25. The van der Waals surface area contributed by atoms with E-state index in [9.17, 15) is 0 Å². The maximum atomic E-state index is 4.56. The van der Waals surface area contributed by atoms with Crippen LogP contribution >= 0.6 is 33.9 Å². The average Bonchev–Trinajstić information content (AvgIpc) is 2.87. The van der Waals surface area contributed by atoms with E-state index in [0.29, 0.717) is 0 Å². The molecule has 3 aromatic rings. The van der Waals surface area contributed by atoms with Crippen molar-refractivity contribution in [3.8, 4) is 10.6 Å². The summed E-state index contributed by atoms with van der Waals surface area (Å²) in [7, 11) is 0. The minimum Gasteiger partial charge on any atom is -0.187 e. The second-order valence-corrected chi connectivity index (χ2v) is 5.78. The molecule has 0 aliphatic rings. The number of nitrogens with zero attached hydrogens (tertiary/aromatic N) is 4. The molecule has 0 saturated heterocycles. The van der Waals surface area contributed by atoms with E-state index >= 15 is 0 Å². The highest BCUT2D eigenvalue weighted by Crippen LogP contribution is 2.26. The summed E-state index contributed by atoms with van der Waals surface area (Å²) in [4.78, 5) is 0.857. The quantitative estimate of drug-likeness (QED) is 0.663. The van der Waals surface area contributed by atoms with Gasteiger partial charge in [0.05, 0.1) is 0 Å². The molecule has 0 fully saturated rings. The lowest BCUT2D eigenvalue weighted by Crippen LogP contribution is -1.93. The fraction of sp³-hybridized carbons (Fsp3) is 0.182. The average molecular weight is 356 g/mol. The standard InChI is InChI=1S/C11H9IN4S/c1-2-9-13-14-11-16(9)15-10(17-11)7-4-3-5-8(12)6-7/h3-6H,2H2,1H3. The van der Waals surface area contributed by atoms with Crippen LogP contribution in [-0.4, -0.2) is 19.8 Å². The van der Waals surface area contributed by atoms with E-state index in [2.05, 4.69) is 63.0 Å². The number of benzene rings is 1. The van der Waals surface area contributed by atoms with Gasteiger partial charge in [0.1, 0.15) is 5.01 Å². The molecule has 0 aliphatic heterocycles. The van der Waals surface area contributed by atoms with Crippen LogP contribution in [0.25, 0.3) is 15.5 Å². The largest absolute Gasteiger partial charge is 0.234 e. The topological polar surface area (TPSA) is 43.1 Å². The third-order valence-corrected chi connectivity index (χ3v) is 4.06. The number of hydrogen-bond acceptors (Lipinski definition) is 4. The van der Waals surface area contributed by atoms with Gasteiger partial charge in [0.25, 0.3) is 0 Å². The van der Waals surface area contributed by atoms with Gasteiger partial charge in [0, 0.05) is 15.6 Å². The molecular weight excluding hydrogens is 347 g/mol. The van der Waals surface area contributed by atoms with Crippen molar-refractivity contribution in [2.24, 2.45) is 0 Å². The molecule has 4 nitrogen and oxygen atoms in total. The van der Waals surface area contributed by atoms with Crippen LogP contribution in [0.5, 0.6) is 0 Å². The number of hydrogen-bond donors (Lipinski definition) is 0. The summed E-state index contributed by atoms with van der Waals surface area (Å²) >= 11 is 3.88. The number of fused-ring (bicyclic) bond motifs is 1. The summed E-state index contributed by atoms with van der Waals surface area (Å²) in [5, 5.41) is 13.8. The van der Waals surface area contributed by atoms with Crippen LogP contribution in [0.3, 0.4) is 0 Å². The summed E-state index contributed by atoms with van der Waals surface area (Å²) in [6, 6.07) is 8.30. The zero-order valence-corrected chi connectivity index (χ0v) is 12.1. The van der Waals surface area contributed by atoms with Gasteiger partial charge in [-0.3, -0.25) is 0 Å². The highest BCUT2D eigenvalue weighted by Gasteiger charge is 2.11. The Morgan fingerprint density at radius 2 is 2.24 bits per heavy atom. The van der Waals surface area contributed by atoms with E-state index in [-0.39, 0.29) is 0 Å². The zero-order chi connectivity index (χ0) is 11.8. The first-order valence-corrected chi connectivity index (χ1v) is 7.14. The Balaban J connectivity index is 2.15. The Morgan fingerprint density at radius 3 is 3.00 bits per heavy atom. The van der Waals surface area contributed by atoms with Gasteiger partial charge in [-0.05, 0) is 34.7 Å². The number of aryl methyl sites for hydroxylation is 1. The second-order valence-electron chi connectivity index (χ2n) is 3.58. The molecule has 3 rings (SSSR count). The normalized spacial score (nSPS) is 11.2. The summed E-state index contributed by atoms with van der Waals surface area (Å²) in [6.07, 6.45) is 0.844. The number of rotatable bonds is 2. The first-order chi connectivity index (χ1) is 8.28. The van der Waals surface area contributed by atoms with Crippen molar-refractivity contribution in [1.29, 1.82) is 0 Å². The van der Waals surface area contributed by atoms with Crippen LogP contribution in [0.2, 0.25) is 0 Å². The molecule has 2 aromatic heterocycles. The van der Waals surface area contributed by atoms with Crippen LogP contribution in [0, 0.1) is 3.57 Å². The lowest BCUT2D eigenvalue weighted by atomic mass is 10.2. The lowest BCUT2D eigenvalue weighted by Gasteiger charge is -1.95. The Kier molecular flexibility index (Phi) is 2.83. The van der Waals surface area contributed by atoms with Crippen molar-refractivity contribution >= 4 is 38.9 Å². The van der Waals surface area contributed by atoms with Gasteiger partial charge in [-0.15, -0.1) is 10.2 Å². The third kappa shape index (κ3) is 1.95. The molecule has 0 spiro atoms. The van der Waals surface area contributed by atoms with E-state index in [1.165, 1.54) is 3.57 Å². The predicted molar refractivity (Wildman–Crippen MR) is 76.2 cm³/mol. The summed E-state index contributed by atoms with van der Waals surface area (Å²) in [5.74, 6) is 0.910. The van der Waals surface area contributed by atoms with E-state index < -0.39 is 0 Å². The molecular formula is C11H9IN4S. The van der Waals surface area contributed by atoms with Crippen molar-refractivity contribution in [3.05, 3.63) is 33.7 Å². The van der Waals surface area contributed by atoms with Gasteiger partial charge in [0.2, 0.25) is 4.96 Å². The van der Waals surface area contributed by atoms with E-state index in [1.54, 1.807) is 11.3 Å². The van der Waals surface area contributed by atoms with Crippen molar-refractivity contribution in [1.82, 2.24) is 19.8 Å². The number of halogens is 1. The van der Waals surface area contributed by atoms with Crippen LogP contribution in [-0.2, 0) is 6.42 Å². The Hall–Kier alpha value is -1.02. The Morgan fingerprint density at radius 1 is 1.35 bits per heavy atom. The maximum absolute atomic E-state index is 4.56. The highest BCUT2D eigenvalue weighted by atomic mass is 127. The van der Waals surface area contributed by atoms with Crippen LogP contribution in [0.1, 0.15) is 12.7 Å². The molecule has 6 heteroatoms. The van der Waals surface area contributed by atoms with Gasteiger partial charge in [0.15, 0.2) is 5.82 Å². The lowest BCUT2D eigenvalue weighted by molar-refractivity contribution is 0.838. The first kappa shape index (κ1) is 11.1. The summed E-state index contributed by atoms with van der Waals surface area (Å²) in [5.41, 5.74) is 1.13. The van der Waals surface area contributed by atoms with Crippen molar-refractivity contribution < 1.29 is 0 Å². The van der Waals surface area contributed by atoms with Gasteiger partial charge in [-0.1, -0.05) is 30.4 Å². The SMILES string of the molecule is CCc1nnc2sc(-c3cccc(I)c3)nn12. The van der Waals surface area contributed by atoms with Gasteiger partial charge < -0.3 is 0 Å². The van der Waals surface area contributed by atoms with Gasteiger partial charge >= 0.3 is 0 Å². The van der Waals surface area contributed by atoms with Crippen LogP contribution in [0.15, 0.2) is 24.3 Å². The predicted octanol–water partition coefficient (Wildman–Crippen LogP) is 3.02. The molecule has 0 atom stereocenters. The Labute approximate surface area is 116 Å². The summed E-state index contributed by atoms with van der Waals surface area (Å²) < 4.78 is 3.04. The molecule has 0 aliphatic carbocycles. The molecule has 0 amide bonds. The fourth-order valence-electron chi connectivity index (χ4n) is 1.62. The molecule has 2 heterocycles. The Bertz CT molecular complexity index is 673. The fourth-order valence-corrected chi connectivity index (χ4v) is 3.01. The van der Waals surface area contributed by atoms with Crippen LogP contribution in [0.4, 0.5) is 0 Å². The van der Waals surface area contributed by atoms with E-state index in [0.717, 1.165) is 27.8 Å². The molecule has 1 aromatic carbocycles. The molecule has 0 radical (unpaired) electrons. The van der Waals surface area contributed by atoms with Crippen molar-refractivity contribution in [2.75, 3.05) is 0 Å². The molecule has 17 heavy (non-hydrogen) atoms. The second kappa shape index (κ2) is 4.34. The van der Waals surface area contributed by atoms with Crippen LogP contribution < -0.4 is 0 Å². The smallest absolute Gasteiger partial charge is 0.187 e. The maximum Gasteiger partial charge on any atom is 0.234 e. The molecule has 0 saturated carbocycles. The van der Waals surface area contributed by atoms with Crippen molar-refractivity contribution in [3.63, 3.8) is 0 Å². The van der Waals surface area contributed by atoms with Gasteiger partial charge in [-0.25, -0.2) is 0 Å². The molecule has 0 unspecified atom stereocenters. The molecule has 86 valence electrons. The van der Waals surface area contributed by atoms with E-state index in [1.807, 2.05) is 10.6 Å². The number of aromatic nitrogens is 4. The monoisotopic (exact) mass is 356 g/mol.